The molecule has 9 heteroatoms. The van der Waals surface area contributed by atoms with Crippen molar-refractivity contribution < 1.29 is 23.5 Å². The molecular weight excluding hydrogens is 534 g/mol. The van der Waals surface area contributed by atoms with Crippen LogP contribution in [0.5, 0.6) is 0 Å². The van der Waals surface area contributed by atoms with E-state index >= 15 is 0 Å². The summed E-state index contributed by atoms with van der Waals surface area (Å²) >= 11 is 0. The summed E-state index contributed by atoms with van der Waals surface area (Å²) in [6, 6.07) is 9.74. The second-order valence-corrected chi connectivity index (χ2v) is 12.1. The molecule has 4 bridgehead atoms. The van der Waals surface area contributed by atoms with Crippen LogP contribution in [0, 0.1) is 36.5 Å². The first-order valence-electron chi connectivity index (χ1n) is 14.9. The number of esters is 1. The first kappa shape index (κ1) is 28.0. The quantitative estimate of drug-likeness (QED) is 0.266. The summed E-state index contributed by atoms with van der Waals surface area (Å²) in [5.74, 6) is 2.16. The number of carbonyl (C=O) groups excluding carboxylic acids is 3. The Bertz CT molecular complexity index is 1600. The van der Waals surface area contributed by atoms with Gasteiger partial charge in [0.15, 0.2) is 5.76 Å². The average Bonchev–Trinajstić information content (AvgIpc) is 3.56. The van der Waals surface area contributed by atoms with Crippen LogP contribution >= 0.6 is 0 Å². The standard InChI is InChI=1S/C33H37N3O6/c1-19-23-8-3-5-11-28(23)42-30(19)32(39)34-26(9-4-6-12-29(37)41-2)31(38)35-27-10-7-13-36(33(27)40)18-25-22-15-20-14-21(17-22)24(25)16-20/h3,5-8,10-13,20-22,24-26H,4,9,14-18H2,1-2H3,(H,34,39)(H,35,38)/b12-6+/t20?,21?,22?,24?,25?,26-/m0/s1. The van der Waals surface area contributed by atoms with Gasteiger partial charge in [0.05, 0.1) is 7.11 Å². The van der Waals surface area contributed by atoms with Gasteiger partial charge < -0.3 is 24.4 Å². The Kier molecular flexibility index (Phi) is 7.75. The number of pyridine rings is 1. The van der Waals surface area contributed by atoms with Crippen LogP contribution in [0.25, 0.3) is 11.0 Å². The lowest BCUT2D eigenvalue weighted by Crippen LogP contribution is -2.44. The summed E-state index contributed by atoms with van der Waals surface area (Å²) in [6.45, 7) is 2.47. The highest BCUT2D eigenvalue weighted by atomic mass is 16.5. The number of aromatic nitrogens is 1. The van der Waals surface area contributed by atoms with Gasteiger partial charge in [-0.2, -0.15) is 0 Å². The minimum atomic E-state index is -0.985. The summed E-state index contributed by atoms with van der Waals surface area (Å²) in [6.07, 6.45) is 10.4. The number of ether oxygens (including phenoxy) is 1. The van der Waals surface area contributed by atoms with E-state index < -0.39 is 23.8 Å². The lowest BCUT2D eigenvalue weighted by atomic mass is 9.75. The van der Waals surface area contributed by atoms with Crippen molar-refractivity contribution in [3.63, 3.8) is 0 Å². The highest BCUT2D eigenvalue weighted by Crippen LogP contribution is 2.61. The highest BCUT2D eigenvalue weighted by Gasteiger charge is 2.53. The fourth-order valence-electron chi connectivity index (χ4n) is 7.78. The molecule has 0 radical (unpaired) electrons. The van der Waals surface area contributed by atoms with Crippen molar-refractivity contribution in [2.24, 2.45) is 29.6 Å². The summed E-state index contributed by atoms with van der Waals surface area (Å²) in [4.78, 5) is 51.8. The molecule has 9 nitrogen and oxygen atoms in total. The van der Waals surface area contributed by atoms with Crippen LogP contribution in [0.4, 0.5) is 5.69 Å². The molecule has 4 aliphatic carbocycles. The SMILES string of the molecule is COC(=O)/C=C/CC[C@H](NC(=O)c1oc2ccccc2c1C)C(=O)Nc1cccn(CC2C3CC4CC(C3)C2C4)c1=O. The van der Waals surface area contributed by atoms with Gasteiger partial charge in [-0.1, -0.05) is 24.3 Å². The van der Waals surface area contributed by atoms with E-state index in [0.29, 0.717) is 41.9 Å². The molecule has 220 valence electrons. The number of aryl methyl sites for hydroxylation is 1. The largest absolute Gasteiger partial charge is 0.466 e. The first-order valence-corrected chi connectivity index (χ1v) is 14.9. The van der Waals surface area contributed by atoms with Gasteiger partial charge in [-0.3, -0.25) is 14.4 Å². The molecule has 4 saturated carbocycles. The Labute approximate surface area is 244 Å². The molecule has 2 heterocycles. The van der Waals surface area contributed by atoms with Crippen molar-refractivity contribution in [3.05, 3.63) is 76.4 Å². The van der Waals surface area contributed by atoms with Gasteiger partial charge in [0.1, 0.15) is 17.3 Å². The Morgan fingerprint density at radius 1 is 1.10 bits per heavy atom. The van der Waals surface area contributed by atoms with Crippen LogP contribution in [-0.2, 0) is 20.9 Å². The van der Waals surface area contributed by atoms with Crippen LogP contribution in [-0.4, -0.2) is 35.5 Å². The number of anilines is 1. The van der Waals surface area contributed by atoms with Crippen molar-refractivity contribution in [2.75, 3.05) is 12.4 Å². The number of rotatable bonds is 10. The van der Waals surface area contributed by atoms with Crippen molar-refractivity contribution >= 4 is 34.4 Å². The smallest absolute Gasteiger partial charge is 0.330 e. The second-order valence-electron chi connectivity index (χ2n) is 12.1. The van der Waals surface area contributed by atoms with Crippen LogP contribution in [0.2, 0.25) is 0 Å². The Hall–Kier alpha value is -4.14. The lowest BCUT2D eigenvalue weighted by molar-refractivity contribution is -0.134. The van der Waals surface area contributed by atoms with E-state index in [1.165, 1.54) is 38.9 Å². The molecule has 4 aliphatic rings. The molecule has 2 N–H and O–H groups in total. The zero-order valence-corrected chi connectivity index (χ0v) is 24.0. The molecular formula is C33H37N3O6. The number of allylic oxidation sites excluding steroid dienone is 1. The summed E-state index contributed by atoms with van der Waals surface area (Å²) in [5, 5.41) is 6.37. The summed E-state index contributed by atoms with van der Waals surface area (Å²) in [7, 11) is 1.28. The number of benzene rings is 1. The Balaban J connectivity index is 1.18. The van der Waals surface area contributed by atoms with E-state index in [2.05, 4.69) is 15.4 Å². The van der Waals surface area contributed by atoms with Crippen molar-refractivity contribution in [3.8, 4) is 0 Å². The van der Waals surface area contributed by atoms with E-state index in [-0.39, 0.29) is 23.4 Å². The molecule has 0 spiro atoms. The number of nitrogens with zero attached hydrogens (tertiary/aromatic N) is 1. The second kappa shape index (κ2) is 11.6. The van der Waals surface area contributed by atoms with Crippen molar-refractivity contribution in [1.29, 1.82) is 0 Å². The predicted octanol–water partition coefficient (Wildman–Crippen LogP) is 4.83. The topological polar surface area (TPSA) is 120 Å². The van der Waals surface area contributed by atoms with Gasteiger partial charge in [-0.15, -0.1) is 0 Å². The molecule has 1 aromatic carbocycles. The third-order valence-corrected chi connectivity index (χ3v) is 9.68. The maximum Gasteiger partial charge on any atom is 0.330 e. The highest BCUT2D eigenvalue weighted by molar-refractivity contribution is 6.03. The third-order valence-electron chi connectivity index (χ3n) is 9.68. The van der Waals surface area contributed by atoms with Crippen LogP contribution in [0.3, 0.4) is 0 Å². The zero-order chi connectivity index (χ0) is 29.4. The van der Waals surface area contributed by atoms with Gasteiger partial charge in [-0.25, -0.2) is 4.79 Å². The van der Waals surface area contributed by atoms with E-state index in [0.717, 1.165) is 17.2 Å². The average molecular weight is 572 g/mol. The number of para-hydroxylation sites is 1. The Morgan fingerprint density at radius 3 is 2.69 bits per heavy atom. The fourth-order valence-corrected chi connectivity index (χ4v) is 7.78. The molecule has 4 fully saturated rings. The summed E-state index contributed by atoms with van der Waals surface area (Å²) < 4.78 is 12.2. The number of amides is 2. The van der Waals surface area contributed by atoms with E-state index in [9.17, 15) is 19.2 Å². The molecule has 6 atom stereocenters. The van der Waals surface area contributed by atoms with Crippen LogP contribution < -0.4 is 16.2 Å². The van der Waals surface area contributed by atoms with Gasteiger partial charge in [-0.05, 0) is 93.2 Å². The normalized spacial score (nSPS) is 24.8. The molecule has 3 aromatic rings. The number of hydrogen-bond donors (Lipinski definition) is 2. The molecule has 42 heavy (non-hydrogen) atoms. The summed E-state index contributed by atoms with van der Waals surface area (Å²) in [5.41, 5.74) is 1.19. The number of fused-ring (bicyclic) bond motifs is 1. The molecule has 0 aliphatic heterocycles. The van der Waals surface area contributed by atoms with Gasteiger partial charge in [0, 0.05) is 29.8 Å². The predicted molar refractivity (Wildman–Crippen MR) is 158 cm³/mol. The number of carbonyl (C=O) groups is 3. The lowest BCUT2D eigenvalue weighted by Gasteiger charge is -2.32. The monoisotopic (exact) mass is 571 g/mol. The van der Waals surface area contributed by atoms with Gasteiger partial charge >= 0.3 is 5.97 Å². The Morgan fingerprint density at radius 2 is 1.90 bits per heavy atom. The zero-order valence-electron chi connectivity index (χ0n) is 24.0. The maximum absolute atomic E-state index is 13.5. The maximum atomic E-state index is 13.5. The van der Waals surface area contributed by atoms with E-state index in [1.807, 2.05) is 18.2 Å². The number of furan rings is 1. The van der Waals surface area contributed by atoms with E-state index in [4.69, 9.17) is 4.42 Å². The number of hydrogen-bond acceptors (Lipinski definition) is 6. The molecule has 2 amide bonds. The number of methoxy groups -OCH3 is 1. The molecule has 7 rings (SSSR count). The van der Waals surface area contributed by atoms with Crippen LogP contribution in [0.1, 0.15) is 54.6 Å². The minimum Gasteiger partial charge on any atom is -0.466 e. The van der Waals surface area contributed by atoms with Crippen molar-refractivity contribution in [2.45, 2.75) is 58.0 Å². The van der Waals surface area contributed by atoms with Crippen LogP contribution in [0.15, 0.2) is 64.0 Å². The van der Waals surface area contributed by atoms with Gasteiger partial charge in [0.2, 0.25) is 5.91 Å². The van der Waals surface area contributed by atoms with Crippen molar-refractivity contribution in [1.82, 2.24) is 9.88 Å². The first-order chi connectivity index (χ1) is 20.3. The fraction of sp³-hybridized carbons (Fsp3) is 0.455. The number of nitrogens with one attached hydrogen (secondary N) is 2. The van der Waals surface area contributed by atoms with E-state index in [1.54, 1.807) is 42.0 Å². The minimum absolute atomic E-state index is 0.126. The molecule has 0 saturated heterocycles. The molecule has 2 aromatic heterocycles. The van der Waals surface area contributed by atoms with Gasteiger partial charge in [0.25, 0.3) is 11.5 Å². The molecule has 5 unspecified atom stereocenters. The third kappa shape index (κ3) is 5.40.